The van der Waals surface area contributed by atoms with Gasteiger partial charge in [0, 0.05) is 5.02 Å². The average Bonchev–Trinajstić information content (AvgIpc) is 2.80. The van der Waals surface area contributed by atoms with Crippen molar-refractivity contribution in [3.63, 3.8) is 0 Å². The van der Waals surface area contributed by atoms with Gasteiger partial charge in [0.05, 0.1) is 6.07 Å². The Bertz CT molecular complexity index is 489. The van der Waals surface area contributed by atoms with Crippen LogP contribution in [0, 0.1) is 11.3 Å². The standard InChI is InChI=1S/C10H7ClN4S/c11-8-3-1-7(2-4-8)9(5-12)16-10-13-6-14-15-10/h1-4,6,9H,(H,13,14,15)/t9-/m0/s1. The minimum atomic E-state index is -0.315. The molecule has 1 atom stereocenters. The highest BCUT2D eigenvalue weighted by molar-refractivity contribution is 7.99. The van der Waals surface area contributed by atoms with Crippen molar-refractivity contribution in [2.24, 2.45) is 0 Å². The van der Waals surface area contributed by atoms with Gasteiger partial charge in [-0.05, 0) is 17.7 Å². The SMILES string of the molecule is N#C[C@H](Sc1ncn[nH]1)c1ccc(Cl)cc1. The van der Waals surface area contributed by atoms with Gasteiger partial charge in [-0.2, -0.15) is 10.4 Å². The fourth-order valence-electron chi connectivity index (χ4n) is 1.17. The highest BCUT2D eigenvalue weighted by Crippen LogP contribution is 2.32. The lowest BCUT2D eigenvalue weighted by atomic mass is 10.2. The fraction of sp³-hybridized carbons (Fsp3) is 0.100. The Labute approximate surface area is 102 Å². The van der Waals surface area contributed by atoms with Crippen LogP contribution < -0.4 is 0 Å². The molecule has 0 aliphatic rings. The van der Waals surface area contributed by atoms with Crippen molar-refractivity contribution in [1.82, 2.24) is 15.2 Å². The van der Waals surface area contributed by atoms with Crippen LogP contribution in [-0.4, -0.2) is 15.2 Å². The van der Waals surface area contributed by atoms with Gasteiger partial charge < -0.3 is 0 Å². The van der Waals surface area contributed by atoms with E-state index in [1.807, 2.05) is 12.1 Å². The normalized spacial score (nSPS) is 12.0. The van der Waals surface area contributed by atoms with Gasteiger partial charge in [-0.25, -0.2) is 4.98 Å². The number of aromatic nitrogens is 3. The van der Waals surface area contributed by atoms with Crippen LogP contribution in [-0.2, 0) is 0 Å². The summed E-state index contributed by atoms with van der Waals surface area (Å²) >= 11 is 7.11. The first-order valence-electron chi connectivity index (χ1n) is 4.46. The fourth-order valence-corrected chi connectivity index (χ4v) is 2.08. The van der Waals surface area contributed by atoms with Crippen LogP contribution >= 0.6 is 23.4 Å². The summed E-state index contributed by atoms with van der Waals surface area (Å²) in [4.78, 5) is 3.97. The molecular weight excluding hydrogens is 244 g/mol. The smallest absolute Gasteiger partial charge is 0.185 e. The highest BCUT2D eigenvalue weighted by Gasteiger charge is 2.13. The summed E-state index contributed by atoms with van der Waals surface area (Å²) in [7, 11) is 0. The lowest BCUT2D eigenvalue weighted by Crippen LogP contribution is -1.91. The molecule has 0 unspecified atom stereocenters. The van der Waals surface area contributed by atoms with Crippen LogP contribution in [0.5, 0.6) is 0 Å². The Balaban J connectivity index is 2.17. The number of benzene rings is 1. The molecule has 16 heavy (non-hydrogen) atoms. The van der Waals surface area contributed by atoms with Crippen LogP contribution in [0.3, 0.4) is 0 Å². The number of rotatable bonds is 3. The van der Waals surface area contributed by atoms with E-state index in [0.29, 0.717) is 10.2 Å². The second-order valence-corrected chi connectivity index (χ2v) is 4.50. The van der Waals surface area contributed by atoms with Crippen molar-refractivity contribution >= 4 is 23.4 Å². The molecule has 80 valence electrons. The van der Waals surface area contributed by atoms with Gasteiger partial charge in [0.1, 0.15) is 11.6 Å². The van der Waals surface area contributed by atoms with E-state index in [4.69, 9.17) is 16.9 Å². The summed E-state index contributed by atoms with van der Waals surface area (Å²) < 4.78 is 0. The van der Waals surface area contributed by atoms with E-state index in [-0.39, 0.29) is 5.25 Å². The van der Waals surface area contributed by atoms with Crippen molar-refractivity contribution in [1.29, 1.82) is 5.26 Å². The molecule has 0 bridgehead atoms. The number of hydrogen-bond donors (Lipinski definition) is 1. The Kier molecular flexibility index (Phi) is 3.44. The molecule has 1 aromatic heterocycles. The molecule has 0 amide bonds. The number of nitrogens with one attached hydrogen (secondary N) is 1. The van der Waals surface area contributed by atoms with Gasteiger partial charge in [0.15, 0.2) is 5.16 Å². The Morgan fingerprint density at radius 2 is 2.12 bits per heavy atom. The van der Waals surface area contributed by atoms with E-state index < -0.39 is 0 Å². The van der Waals surface area contributed by atoms with E-state index in [9.17, 15) is 0 Å². The first kappa shape index (κ1) is 11.0. The number of aromatic amines is 1. The lowest BCUT2D eigenvalue weighted by molar-refractivity contribution is 0.969. The molecule has 2 rings (SSSR count). The van der Waals surface area contributed by atoms with E-state index in [2.05, 4.69) is 21.3 Å². The molecule has 0 spiro atoms. The van der Waals surface area contributed by atoms with E-state index in [1.165, 1.54) is 18.1 Å². The summed E-state index contributed by atoms with van der Waals surface area (Å²) in [5, 5.41) is 16.5. The van der Waals surface area contributed by atoms with Crippen molar-refractivity contribution in [3.05, 3.63) is 41.2 Å². The van der Waals surface area contributed by atoms with Gasteiger partial charge in [0.2, 0.25) is 0 Å². The minimum Gasteiger partial charge on any atom is -0.254 e. The maximum absolute atomic E-state index is 9.08. The van der Waals surface area contributed by atoms with Crippen LogP contribution in [0.15, 0.2) is 35.7 Å². The number of H-pyrrole nitrogens is 1. The van der Waals surface area contributed by atoms with Gasteiger partial charge in [-0.3, -0.25) is 5.10 Å². The number of nitrogens with zero attached hydrogens (tertiary/aromatic N) is 3. The molecule has 1 N–H and O–H groups in total. The summed E-state index contributed by atoms with van der Waals surface area (Å²) in [6.07, 6.45) is 1.42. The van der Waals surface area contributed by atoms with Crippen molar-refractivity contribution in [3.8, 4) is 6.07 Å². The van der Waals surface area contributed by atoms with E-state index in [0.717, 1.165) is 5.56 Å². The van der Waals surface area contributed by atoms with Crippen LogP contribution in [0.1, 0.15) is 10.8 Å². The molecule has 0 saturated heterocycles. The molecule has 0 fully saturated rings. The van der Waals surface area contributed by atoms with Gasteiger partial charge in [-0.15, -0.1) is 0 Å². The zero-order chi connectivity index (χ0) is 11.4. The molecular formula is C10H7ClN4S. The highest BCUT2D eigenvalue weighted by atomic mass is 35.5. The zero-order valence-corrected chi connectivity index (χ0v) is 9.66. The van der Waals surface area contributed by atoms with Crippen LogP contribution in [0.25, 0.3) is 0 Å². The van der Waals surface area contributed by atoms with Crippen molar-refractivity contribution in [2.75, 3.05) is 0 Å². The second kappa shape index (κ2) is 5.01. The number of nitriles is 1. The molecule has 0 aliphatic carbocycles. The quantitative estimate of drug-likeness (QED) is 0.851. The van der Waals surface area contributed by atoms with Crippen LogP contribution in [0.4, 0.5) is 0 Å². The molecule has 0 aliphatic heterocycles. The third-order valence-corrected chi connectivity index (χ3v) is 3.20. The molecule has 1 heterocycles. The zero-order valence-electron chi connectivity index (χ0n) is 8.09. The third-order valence-electron chi connectivity index (χ3n) is 1.91. The molecule has 0 saturated carbocycles. The molecule has 6 heteroatoms. The first-order chi connectivity index (χ1) is 7.79. The van der Waals surface area contributed by atoms with Gasteiger partial charge in [0.25, 0.3) is 0 Å². The summed E-state index contributed by atoms with van der Waals surface area (Å²) in [6, 6.07) is 9.41. The molecule has 2 aromatic rings. The van der Waals surface area contributed by atoms with Crippen molar-refractivity contribution in [2.45, 2.75) is 10.4 Å². The van der Waals surface area contributed by atoms with Gasteiger partial charge in [-0.1, -0.05) is 35.5 Å². The lowest BCUT2D eigenvalue weighted by Gasteiger charge is -2.06. The largest absolute Gasteiger partial charge is 0.254 e. The number of hydrogen-bond acceptors (Lipinski definition) is 4. The monoisotopic (exact) mass is 250 g/mol. The maximum Gasteiger partial charge on any atom is 0.185 e. The molecule has 1 aromatic carbocycles. The second-order valence-electron chi connectivity index (χ2n) is 2.97. The Hall–Kier alpha value is -1.51. The Morgan fingerprint density at radius 3 is 2.69 bits per heavy atom. The summed E-state index contributed by atoms with van der Waals surface area (Å²) in [5.41, 5.74) is 0.897. The summed E-state index contributed by atoms with van der Waals surface area (Å²) in [5.74, 6) is 0. The average molecular weight is 251 g/mol. The van der Waals surface area contributed by atoms with Crippen molar-refractivity contribution < 1.29 is 0 Å². The topological polar surface area (TPSA) is 65.4 Å². The minimum absolute atomic E-state index is 0.315. The predicted molar refractivity (Wildman–Crippen MR) is 62.0 cm³/mol. The van der Waals surface area contributed by atoms with E-state index >= 15 is 0 Å². The van der Waals surface area contributed by atoms with Gasteiger partial charge >= 0.3 is 0 Å². The Morgan fingerprint density at radius 1 is 1.38 bits per heavy atom. The molecule has 0 radical (unpaired) electrons. The number of halogens is 1. The number of thioether (sulfide) groups is 1. The van der Waals surface area contributed by atoms with Crippen LogP contribution in [0.2, 0.25) is 5.02 Å². The molecule has 4 nitrogen and oxygen atoms in total. The maximum atomic E-state index is 9.08. The predicted octanol–water partition coefficient (Wildman–Crippen LogP) is 2.82. The first-order valence-corrected chi connectivity index (χ1v) is 5.72. The van der Waals surface area contributed by atoms with E-state index in [1.54, 1.807) is 12.1 Å². The third kappa shape index (κ3) is 2.54. The summed E-state index contributed by atoms with van der Waals surface area (Å²) in [6.45, 7) is 0.